The Morgan fingerprint density at radius 3 is 2.47 bits per heavy atom. The van der Waals surface area contributed by atoms with E-state index in [0.717, 1.165) is 43.4 Å². The maximum Gasteiger partial charge on any atom is 0.254 e. The summed E-state index contributed by atoms with van der Waals surface area (Å²) in [5, 5.41) is 3.45. The molecule has 1 unspecified atom stereocenters. The smallest absolute Gasteiger partial charge is 0.254 e. The molecule has 5 N–H and O–H groups in total. The Morgan fingerprint density at radius 1 is 1.18 bits per heavy atom. The van der Waals surface area contributed by atoms with Crippen LogP contribution in [0.1, 0.15) is 54.7 Å². The topological polar surface area (TPSA) is 123 Å². The third-order valence-electron chi connectivity index (χ3n) is 7.25. The maximum atomic E-state index is 12.6. The third-order valence-corrected chi connectivity index (χ3v) is 7.25. The molecule has 2 fully saturated rings. The van der Waals surface area contributed by atoms with E-state index in [9.17, 15) is 9.59 Å². The molecule has 1 aliphatic carbocycles. The zero-order valence-electron chi connectivity index (χ0n) is 20.1. The Balaban J connectivity index is 1.57. The number of likely N-dealkylation sites (tertiary alicyclic amines) is 1. The van der Waals surface area contributed by atoms with Crippen LogP contribution in [0.2, 0.25) is 0 Å². The van der Waals surface area contributed by atoms with Gasteiger partial charge in [0.05, 0.1) is 12.8 Å². The van der Waals surface area contributed by atoms with E-state index in [1.54, 1.807) is 7.11 Å². The van der Waals surface area contributed by atoms with Gasteiger partial charge in [-0.05, 0) is 74.6 Å². The van der Waals surface area contributed by atoms with Crippen molar-refractivity contribution in [2.24, 2.45) is 22.4 Å². The van der Waals surface area contributed by atoms with Gasteiger partial charge in [-0.25, -0.2) is 0 Å². The molecule has 8 nitrogen and oxygen atoms in total. The standard InChI is InChI=1S/C26H35N5O3/c1-4-21(32)31-11-8-16(9-12-31)19-7-10-29-26(30-19)23(25(28)33)24(27)18-13-15(2)22(17-5-6-17)20(14-18)34-3/h4,13-14,16-17,19H,1,5-12,27H2,2-3H3,(H2,28,33)(H,29,30). The van der Waals surface area contributed by atoms with Gasteiger partial charge in [-0.3, -0.25) is 14.6 Å². The highest BCUT2D eigenvalue weighted by Gasteiger charge is 2.33. The Kier molecular flexibility index (Phi) is 6.95. The summed E-state index contributed by atoms with van der Waals surface area (Å²) >= 11 is 0. The van der Waals surface area contributed by atoms with Crippen LogP contribution in [0.5, 0.6) is 5.75 Å². The van der Waals surface area contributed by atoms with E-state index in [0.29, 0.717) is 48.6 Å². The molecule has 2 heterocycles. The molecule has 1 aromatic carbocycles. The number of carbonyl (C=O) groups is 2. The zero-order chi connectivity index (χ0) is 24.4. The minimum atomic E-state index is -0.612. The third kappa shape index (κ3) is 4.81. The van der Waals surface area contributed by atoms with Gasteiger partial charge >= 0.3 is 0 Å². The van der Waals surface area contributed by atoms with Crippen LogP contribution in [0, 0.1) is 12.8 Å². The highest BCUT2D eigenvalue weighted by atomic mass is 16.5. The number of nitrogens with one attached hydrogen (secondary N) is 1. The molecular formula is C26H35N5O3. The van der Waals surface area contributed by atoms with E-state index in [1.807, 2.05) is 24.0 Å². The van der Waals surface area contributed by atoms with Crippen LogP contribution in [0.3, 0.4) is 0 Å². The van der Waals surface area contributed by atoms with Crippen LogP contribution in [-0.4, -0.2) is 55.3 Å². The first-order valence-corrected chi connectivity index (χ1v) is 12.0. The Labute approximate surface area is 201 Å². The summed E-state index contributed by atoms with van der Waals surface area (Å²) in [5.41, 5.74) is 15.9. The van der Waals surface area contributed by atoms with Crippen molar-refractivity contribution in [1.82, 2.24) is 10.2 Å². The van der Waals surface area contributed by atoms with Gasteiger partial charge in [0.15, 0.2) is 0 Å². The van der Waals surface area contributed by atoms with Crippen molar-refractivity contribution in [3.05, 3.63) is 47.1 Å². The summed E-state index contributed by atoms with van der Waals surface area (Å²) in [4.78, 5) is 30.9. The summed E-state index contributed by atoms with van der Waals surface area (Å²) in [5.74, 6) is 1.51. The number of carbonyl (C=O) groups excluding carboxylic acids is 2. The Hall–Kier alpha value is -3.29. The molecule has 1 saturated carbocycles. The molecule has 0 spiro atoms. The van der Waals surface area contributed by atoms with Crippen LogP contribution in [0.15, 0.2) is 35.4 Å². The first kappa shape index (κ1) is 23.9. The summed E-state index contributed by atoms with van der Waals surface area (Å²) in [6.45, 7) is 7.62. The number of nitrogens with zero attached hydrogens (tertiary/aromatic N) is 2. The van der Waals surface area contributed by atoms with Crippen molar-refractivity contribution in [3.8, 4) is 5.75 Å². The number of piperidine rings is 1. The molecule has 1 saturated heterocycles. The predicted octanol–water partition coefficient (Wildman–Crippen LogP) is 2.22. The van der Waals surface area contributed by atoms with Crippen LogP contribution >= 0.6 is 0 Å². The number of rotatable bonds is 7. The number of primary amides is 1. The van der Waals surface area contributed by atoms with Gasteiger partial charge in [0.1, 0.15) is 17.2 Å². The molecule has 0 bridgehead atoms. The van der Waals surface area contributed by atoms with Gasteiger partial charge in [0.25, 0.3) is 5.91 Å². The number of nitrogens with two attached hydrogens (primary N) is 2. The first-order chi connectivity index (χ1) is 16.3. The lowest BCUT2D eigenvalue weighted by Gasteiger charge is -2.38. The van der Waals surface area contributed by atoms with E-state index in [1.165, 1.54) is 11.6 Å². The molecule has 1 aromatic rings. The quantitative estimate of drug-likeness (QED) is 0.533. The summed E-state index contributed by atoms with van der Waals surface area (Å²) < 4.78 is 5.66. The molecular weight excluding hydrogens is 430 g/mol. The van der Waals surface area contributed by atoms with Gasteiger partial charge in [0.2, 0.25) is 5.91 Å². The maximum absolute atomic E-state index is 12.6. The van der Waals surface area contributed by atoms with E-state index in [2.05, 4.69) is 16.9 Å². The van der Waals surface area contributed by atoms with Gasteiger partial charge in [0, 0.05) is 36.8 Å². The predicted molar refractivity (Wildman–Crippen MR) is 133 cm³/mol. The number of ether oxygens (including phenoxy) is 1. The number of amidine groups is 1. The number of hydrogen-bond donors (Lipinski definition) is 3. The lowest BCUT2D eigenvalue weighted by atomic mass is 9.86. The van der Waals surface area contributed by atoms with Crippen LogP contribution in [0.25, 0.3) is 5.70 Å². The van der Waals surface area contributed by atoms with Crippen molar-refractivity contribution in [1.29, 1.82) is 0 Å². The normalized spacial score (nSPS) is 21.8. The summed E-state index contributed by atoms with van der Waals surface area (Å²) in [6.07, 6.45) is 6.32. The number of benzene rings is 1. The second-order valence-electron chi connectivity index (χ2n) is 9.47. The molecule has 3 aliphatic rings. The molecule has 182 valence electrons. The van der Waals surface area contributed by atoms with E-state index >= 15 is 0 Å². The van der Waals surface area contributed by atoms with Crippen molar-refractivity contribution < 1.29 is 14.3 Å². The molecule has 2 amide bonds. The number of aliphatic imine (C=N–C) groups is 1. The number of aryl methyl sites for hydroxylation is 1. The first-order valence-electron chi connectivity index (χ1n) is 12.0. The zero-order valence-corrected chi connectivity index (χ0v) is 20.1. The van der Waals surface area contributed by atoms with Gasteiger partial charge in [-0.15, -0.1) is 0 Å². The van der Waals surface area contributed by atoms with Crippen molar-refractivity contribution in [2.75, 3.05) is 26.7 Å². The monoisotopic (exact) mass is 465 g/mol. The number of methoxy groups -OCH3 is 1. The number of amides is 2. The number of hydrogen-bond acceptors (Lipinski definition) is 6. The van der Waals surface area contributed by atoms with E-state index in [4.69, 9.17) is 16.2 Å². The van der Waals surface area contributed by atoms with Crippen LogP contribution in [-0.2, 0) is 9.59 Å². The van der Waals surface area contributed by atoms with Gasteiger partial charge in [-0.2, -0.15) is 0 Å². The average molecular weight is 466 g/mol. The Morgan fingerprint density at radius 2 is 1.88 bits per heavy atom. The average Bonchev–Trinajstić information content (AvgIpc) is 3.68. The second kappa shape index (κ2) is 9.91. The van der Waals surface area contributed by atoms with E-state index < -0.39 is 5.91 Å². The van der Waals surface area contributed by atoms with Crippen molar-refractivity contribution in [3.63, 3.8) is 0 Å². The molecule has 4 rings (SSSR count). The molecule has 8 heteroatoms. The summed E-state index contributed by atoms with van der Waals surface area (Å²) in [6, 6.07) is 4.04. The lowest BCUT2D eigenvalue weighted by Crippen LogP contribution is -2.50. The van der Waals surface area contributed by atoms with Crippen LogP contribution < -0.4 is 21.5 Å². The molecule has 34 heavy (non-hydrogen) atoms. The molecule has 2 aliphatic heterocycles. The van der Waals surface area contributed by atoms with Crippen molar-refractivity contribution in [2.45, 2.75) is 51.0 Å². The summed E-state index contributed by atoms with van der Waals surface area (Å²) in [7, 11) is 1.66. The lowest BCUT2D eigenvalue weighted by molar-refractivity contribution is -0.127. The minimum absolute atomic E-state index is 0.0255. The molecule has 0 aromatic heterocycles. The second-order valence-corrected chi connectivity index (χ2v) is 9.47. The Bertz CT molecular complexity index is 1050. The van der Waals surface area contributed by atoms with Gasteiger partial charge < -0.3 is 26.4 Å². The molecule has 1 atom stereocenters. The highest BCUT2D eigenvalue weighted by Crippen LogP contribution is 2.46. The minimum Gasteiger partial charge on any atom is -0.496 e. The van der Waals surface area contributed by atoms with Crippen LogP contribution in [0.4, 0.5) is 0 Å². The van der Waals surface area contributed by atoms with Gasteiger partial charge in [-0.1, -0.05) is 6.58 Å². The SMILES string of the molecule is C=CC(=O)N1CCC(C2CCN=C(C(C(N)=O)=C(N)c3cc(C)c(C4CC4)c(OC)c3)N2)CC1. The highest BCUT2D eigenvalue weighted by molar-refractivity contribution is 6.25. The van der Waals surface area contributed by atoms with Crippen molar-refractivity contribution >= 4 is 23.3 Å². The van der Waals surface area contributed by atoms with E-state index in [-0.39, 0.29) is 17.5 Å². The molecule has 0 radical (unpaired) electrons. The fourth-order valence-corrected chi connectivity index (χ4v) is 5.27. The fourth-order valence-electron chi connectivity index (χ4n) is 5.27. The largest absolute Gasteiger partial charge is 0.496 e. The fraction of sp³-hybridized carbons (Fsp3) is 0.500.